The highest BCUT2D eigenvalue weighted by Crippen LogP contribution is 2.37. The first-order valence-electron chi connectivity index (χ1n) is 11.4. The number of ether oxygens (including phenoxy) is 1. The van der Waals surface area contributed by atoms with Crippen molar-refractivity contribution in [3.63, 3.8) is 0 Å². The summed E-state index contributed by atoms with van der Waals surface area (Å²) in [6.45, 7) is 0.749. The van der Waals surface area contributed by atoms with Gasteiger partial charge in [-0.25, -0.2) is 18.6 Å². The fourth-order valence-corrected chi connectivity index (χ4v) is 4.61. The molecule has 3 aromatic rings. The van der Waals surface area contributed by atoms with Gasteiger partial charge in [0.2, 0.25) is 5.89 Å². The van der Waals surface area contributed by atoms with Crippen molar-refractivity contribution in [3.8, 4) is 17.0 Å². The Labute approximate surface area is 225 Å². The first-order chi connectivity index (χ1) is 18.4. The van der Waals surface area contributed by atoms with Gasteiger partial charge in [0.15, 0.2) is 22.3 Å². The van der Waals surface area contributed by atoms with Crippen molar-refractivity contribution >= 4 is 27.9 Å². The van der Waals surface area contributed by atoms with Gasteiger partial charge in [0.1, 0.15) is 17.1 Å². The molecule has 1 aliphatic rings. The van der Waals surface area contributed by atoms with Gasteiger partial charge in [-0.15, -0.1) is 0 Å². The minimum absolute atomic E-state index is 0.0140. The summed E-state index contributed by atoms with van der Waals surface area (Å²) in [6.07, 6.45) is -7.15. The molecule has 2 unspecified atom stereocenters. The molecule has 2 atom stereocenters. The lowest BCUT2D eigenvalue weighted by molar-refractivity contribution is -0.137. The minimum Gasteiger partial charge on any atom is -0.478 e. The summed E-state index contributed by atoms with van der Waals surface area (Å²) in [7, 11) is 0. The van der Waals surface area contributed by atoms with Crippen molar-refractivity contribution in [3.05, 3.63) is 69.7 Å². The molecule has 4 N–H and O–H groups in total. The average molecular weight is 619 g/mol. The molecule has 0 saturated carbocycles. The molecule has 4 rings (SSSR count). The Morgan fingerprint density at radius 3 is 2.54 bits per heavy atom. The zero-order chi connectivity index (χ0) is 28.5. The van der Waals surface area contributed by atoms with E-state index in [1.807, 2.05) is 0 Å². The van der Waals surface area contributed by atoms with Crippen LogP contribution in [0.4, 0.5) is 26.7 Å². The quantitative estimate of drug-likeness (QED) is 0.319. The number of rotatable bonds is 7. The molecule has 15 heteroatoms. The minimum atomic E-state index is -4.54. The van der Waals surface area contributed by atoms with Crippen LogP contribution in [0.15, 0.2) is 45.5 Å². The van der Waals surface area contributed by atoms with E-state index in [1.165, 1.54) is 12.1 Å². The van der Waals surface area contributed by atoms with E-state index in [-0.39, 0.29) is 41.3 Å². The number of aromatic nitrogens is 1. The summed E-state index contributed by atoms with van der Waals surface area (Å²) in [5.74, 6) is -4.72. The lowest BCUT2D eigenvalue weighted by atomic mass is 10.1. The van der Waals surface area contributed by atoms with Crippen LogP contribution in [0.3, 0.4) is 0 Å². The van der Waals surface area contributed by atoms with E-state index in [9.17, 15) is 36.6 Å². The molecule has 2 heterocycles. The van der Waals surface area contributed by atoms with E-state index in [4.69, 9.17) is 14.9 Å². The molecular weight excluding hydrogens is 599 g/mol. The molecule has 0 bridgehead atoms. The van der Waals surface area contributed by atoms with E-state index in [1.54, 1.807) is 0 Å². The zero-order valence-electron chi connectivity index (χ0n) is 19.8. The molecule has 2 aromatic carbocycles. The van der Waals surface area contributed by atoms with Crippen LogP contribution in [-0.2, 0) is 6.18 Å². The Morgan fingerprint density at radius 2 is 1.92 bits per heavy atom. The number of halogens is 6. The number of nitrogens with one attached hydrogen (secondary N) is 1. The van der Waals surface area contributed by atoms with Gasteiger partial charge in [-0.2, -0.15) is 13.2 Å². The number of carbonyl (C=O) groups excluding carboxylic acids is 1. The Bertz CT molecular complexity index is 1380. The largest absolute Gasteiger partial charge is 0.478 e. The highest BCUT2D eigenvalue weighted by Gasteiger charge is 2.34. The van der Waals surface area contributed by atoms with Crippen LogP contribution in [0.5, 0.6) is 5.75 Å². The Kier molecular flexibility index (Phi) is 8.11. The highest BCUT2D eigenvalue weighted by atomic mass is 79.9. The zero-order valence-corrected chi connectivity index (χ0v) is 21.4. The molecular formula is C24H20BrF5N4O5. The molecule has 1 fully saturated rings. The topological polar surface area (TPSA) is 131 Å². The van der Waals surface area contributed by atoms with Crippen molar-refractivity contribution in [1.82, 2.24) is 15.2 Å². The average Bonchev–Trinajstić information content (AvgIpc) is 3.26. The van der Waals surface area contributed by atoms with Crippen molar-refractivity contribution in [2.45, 2.75) is 24.7 Å². The number of hydrogen-bond donors (Lipinski definition) is 3. The van der Waals surface area contributed by atoms with Crippen LogP contribution in [-0.4, -0.2) is 52.7 Å². The number of benzene rings is 2. The molecule has 1 saturated heterocycles. The van der Waals surface area contributed by atoms with Gasteiger partial charge in [-0.3, -0.25) is 4.79 Å². The highest BCUT2D eigenvalue weighted by molar-refractivity contribution is 9.10. The number of amides is 2. The second kappa shape index (κ2) is 11.2. The third-order valence-electron chi connectivity index (χ3n) is 6.02. The number of carbonyl (C=O) groups is 2. The third kappa shape index (κ3) is 6.14. The maximum absolute atomic E-state index is 15.0. The first-order valence-corrected chi connectivity index (χ1v) is 12.1. The second-order valence-corrected chi connectivity index (χ2v) is 9.24. The lowest BCUT2D eigenvalue weighted by Crippen LogP contribution is -2.53. The second-order valence-electron chi connectivity index (χ2n) is 8.52. The molecule has 2 amide bonds. The monoisotopic (exact) mass is 618 g/mol. The van der Waals surface area contributed by atoms with E-state index in [2.05, 4.69) is 26.2 Å². The standard InChI is InChI=1S/C24H20BrF5N4O5/c25-20-19(11-1-3-12(4-2-11)24(28,29)30)33-22(39-20)16(9-13-10-32-7-8-34(13)23(36)37)38-15-6-5-14(26)17(18(15)27)21(31)35/h1-6,13,16,32H,7-10H2,(H2,31,35)(H,36,37). The number of hydrogen-bond acceptors (Lipinski definition) is 6. The van der Waals surface area contributed by atoms with Gasteiger partial charge in [0, 0.05) is 31.6 Å². The predicted molar refractivity (Wildman–Crippen MR) is 129 cm³/mol. The summed E-state index contributed by atoms with van der Waals surface area (Å²) in [5.41, 5.74) is 3.53. The van der Waals surface area contributed by atoms with Crippen molar-refractivity contribution in [2.24, 2.45) is 5.73 Å². The van der Waals surface area contributed by atoms with Gasteiger partial charge in [-0.05, 0) is 40.2 Å². The van der Waals surface area contributed by atoms with Gasteiger partial charge < -0.3 is 30.2 Å². The number of nitrogens with zero attached hydrogens (tertiary/aromatic N) is 2. The smallest absolute Gasteiger partial charge is 0.416 e. The molecule has 1 aliphatic heterocycles. The SMILES string of the molecule is NC(=O)c1c(F)ccc(OC(CC2CNCCN2C(=O)O)c2nc(-c3ccc(C(F)(F)F)cc3)c(Br)o2)c1F. The number of oxazole rings is 1. The van der Waals surface area contributed by atoms with Crippen LogP contribution in [0.2, 0.25) is 0 Å². The van der Waals surface area contributed by atoms with Crippen LogP contribution in [0, 0.1) is 11.6 Å². The molecule has 1 aromatic heterocycles. The fraction of sp³-hybridized carbons (Fsp3) is 0.292. The van der Waals surface area contributed by atoms with E-state index >= 15 is 0 Å². The van der Waals surface area contributed by atoms with Gasteiger partial charge in [0.25, 0.3) is 5.91 Å². The van der Waals surface area contributed by atoms with E-state index in [0.29, 0.717) is 6.54 Å². The van der Waals surface area contributed by atoms with Crippen molar-refractivity contribution in [2.75, 3.05) is 19.6 Å². The summed E-state index contributed by atoms with van der Waals surface area (Å²) >= 11 is 3.17. The predicted octanol–water partition coefficient (Wildman–Crippen LogP) is 4.96. The Morgan fingerprint density at radius 1 is 1.23 bits per heavy atom. The van der Waals surface area contributed by atoms with E-state index in [0.717, 1.165) is 29.2 Å². The van der Waals surface area contributed by atoms with E-state index < -0.39 is 58.8 Å². The van der Waals surface area contributed by atoms with Crippen molar-refractivity contribution < 1.29 is 45.8 Å². The summed E-state index contributed by atoms with van der Waals surface area (Å²) in [4.78, 5) is 28.8. The van der Waals surface area contributed by atoms with Gasteiger partial charge >= 0.3 is 12.3 Å². The maximum atomic E-state index is 15.0. The van der Waals surface area contributed by atoms with Gasteiger partial charge in [-0.1, -0.05) is 12.1 Å². The number of alkyl halides is 3. The number of carboxylic acid groups (broad SMARTS) is 1. The molecule has 9 nitrogen and oxygen atoms in total. The number of primary amides is 1. The number of nitrogens with two attached hydrogens (primary N) is 1. The number of piperazine rings is 1. The lowest BCUT2D eigenvalue weighted by Gasteiger charge is -2.35. The summed E-state index contributed by atoms with van der Waals surface area (Å²) < 4.78 is 79.4. The molecule has 208 valence electrons. The van der Waals surface area contributed by atoms with Gasteiger partial charge in [0.05, 0.1) is 11.6 Å². The third-order valence-corrected chi connectivity index (χ3v) is 6.55. The molecule has 0 spiro atoms. The van der Waals surface area contributed by atoms with Crippen LogP contribution in [0.25, 0.3) is 11.3 Å². The van der Waals surface area contributed by atoms with Crippen LogP contribution < -0.4 is 15.8 Å². The fourth-order valence-electron chi connectivity index (χ4n) is 4.12. The Hall–Kier alpha value is -3.72. The maximum Gasteiger partial charge on any atom is 0.416 e. The summed E-state index contributed by atoms with van der Waals surface area (Å²) in [6, 6.07) is 5.10. The van der Waals surface area contributed by atoms with Crippen LogP contribution in [0.1, 0.15) is 34.3 Å². The first kappa shape index (κ1) is 28.3. The molecule has 0 radical (unpaired) electrons. The summed E-state index contributed by atoms with van der Waals surface area (Å²) in [5, 5.41) is 12.7. The van der Waals surface area contributed by atoms with Crippen molar-refractivity contribution in [1.29, 1.82) is 0 Å². The normalized spacial score (nSPS) is 16.7. The molecule has 39 heavy (non-hydrogen) atoms. The van der Waals surface area contributed by atoms with Crippen LogP contribution >= 0.6 is 15.9 Å². The Balaban J connectivity index is 1.73. The molecule has 0 aliphatic carbocycles.